The zero-order valence-electron chi connectivity index (χ0n) is 24.3. The Labute approximate surface area is 247 Å². The first-order valence-corrected chi connectivity index (χ1v) is 15.6. The van der Waals surface area contributed by atoms with Gasteiger partial charge < -0.3 is 14.4 Å². The van der Waals surface area contributed by atoms with E-state index in [1.54, 1.807) is 6.07 Å². The van der Waals surface area contributed by atoms with Crippen molar-refractivity contribution in [2.45, 2.75) is 44.6 Å². The fourth-order valence-electron chi connectivity index (χ4n) is 7.54. The fourth-order valence-corrected chi connectivity index (χ4v) is 7.54. The van der Waals surface area contributed by atoms with Gasteiger partial charge in [-0.25, -0.2) is 0 Å². The molecule has 0 N–H and O–H groups in total. The van der Waals surface area contributed by atoms with Crippen molar-refractivity contribution in [3.8, 4) is 11.3 Å². The monoisotopic (exact) mass is 561 g/mol. The van der Waals surface area contributed by atoms with Gasteiger partial charge in [0.2, 0.25) is 0 Å². The van der Waals surface area contributed by atoms with Gasteiger partial charge in [0.1, 0.15) is 0 Å². The van der Waals surface area contributed by atoms with E-state index in [4.69, 9.17) is 0 Å². The standard InChI is InChI=1S/C35H39N5O2/c41-35(36-42)27-15-16-29-32(25-27)40-24-23-39(22-19-37-17-20-38(21-18-37)28-11-5-2-6-12-28)31-14-8-7-13-30(31)34(40)33(29)26-9-3-1-4-10-26/h2,5-8,11-16,25-26H,1,3-4,9-10,17-24H2. The molecule has 0 unspecified atom stereocenters. The van der Waals surface area contributed by atoms with Crippen molar-refractivity contribution in [2.24, 2.45) is 5.18 Å². The highest BCUT2D eigenvalue weighted by atomic mass is 16.3. The summed E-state index contributed by atoms with van der Waals surface area (Å²) in [7, 11) is 0. The number of amides is 1. The van der Waals surface area contributed by atoms with Crippen molar-refractivity contribution in [3.63, 3.8) is 0 Å². The third kappa shape index (κ3) is 5.00. The van der Waals surface area contributed by atoms with Gasteiger partial charge in [-0.2, -0.15) is 0 Å². The van der Waals surface area contributed by atoms with Crippen LogP contribution in [-0.2, 0) is 6.54 Å². The molecule has 1 saturated heterocycles. The highest BCUT2D eigenvalue weighted by Crippen LogP contribution is 2.47. The van der Waals surface area contributed by atoms with Crippen LogP contribution in [0.1, 0.15) is 53.9 Å². The Kier molecular flexibility index (Phi) is 7.51. The Bertz CT molecular complexity index is 1580. The number of piperazine rings is 1. The molecule has 0 bridgehead atoms. The highest BCUT2D eigenvalue weighted by Gasteiger charge is 2.31. The minimum absolute atomic E-state index is 0.372. The molecule has 1 aliphatic carbocycles. The normalized spacial score (nSPS) is 18.0. The topological polar surface area (TPSA) is 61.2 Å². The summed E-state index contributed by atoms with van der Waals surface area (Å²) < 4.78 is 2.43. The molecule has 7 rings (SSSR count). The molecule has 1 amide bonds. The summed E-state index contributed by atoms with van der Waals surface area (Å²) in [5.74, 6) is -0.196. The van der Waals surface area contributed by atoms with Gasteiger partial charge in [-0.1, -0.05) is 61.7 Å². The number of carbonyl (C=O) groups is 1. The fraction of sp³-hybridized carbons (Fsp3) is 0.400. The summed E-state index contributed by atoms with van der Waals surface area (Å²) >= 11 is 0. The molecule has 2 fully saturated rings. The maximum Gasteiger partial charge on any atom is 0.316 e. The van der Waals surface area contributed by atoms with E-state index in [0.29, 0.717) is 11.5 Å². The molecule has 4 aromatic rings. The summed E-state index contributed by atoms with van der Waals surface area (Å²) in [5.41, 5.74) is 8.04. The first-order valence-electron chi connectivity index (χ1n) is 15.6. The average Bonchev–Trinajstić information content (AvgIpc) is 3.29. The van der Waals surface area contributed by atoms with Gasteiger partial charge in [0.05, 0.1) is 5.69 Å². The van der Waals surface area contributed by atoms with Crippen molar-refractivity contribution >= 4 is 28.2 Å². The molecule has 3 heterocycles. The second-order valence-electron chi connectivity index (χ2n) is 12.0. The predicted molar refractivity (Wildman–Crippen MR) is 171 cm³/mol. The largest absolute Gasteiger partial charge is 0.369 e. The maximum atomic E-state index is 12.3. The number of hydrogen-bond acceptors (Lipinski definition) is 5. The van der Waals surface area contributed by atoms with Crippen molar-refractivity contribution in [1.82, 2.24) is 9.47 Å². The maximum absolute atomic E-state index is 12.3. The average molecular weight is 562 g/mol. The summed E-state index contributed by atoms with van der Waals surface area (Å²) in [6, 6.07) is 25.4. The second-order valence-corrected chi connectivity index (χ2v) is 12.0. The van der Waals surface area contributed by atoms with Gasteiger partial charge in [-0.3, -0.25) is 9.69 Å². The van der Waals surface area contributed by atoms with E-state index in [0.717, 1.165) is 57.9 Å². The van der Waals surface area contributed by atoms with Gasteiger partial charge in [-0.15, -0.1) is 4.91 Å². The van der Waals surface area contributed by atoms with Gasteiger partial charge in [0, 0.05) is 90.9 Å². The van der Waals surface area contributed by atoms with E-state index >= 15 is 0 Å². The van der Waals surface area contributed by atoms with Crippen LogP contribution in [0, 0.1) is 4.91 Å². The molecule has 7 heteroatoms. The molecule has 3 aromatic carbocycles. The number of nitroso groups, excluding NO2 is 1. The van der Waals surface area contributed by atoms with Crippen LogP contribution in [-0.4, -0.2) is 61.2 Å². The summed E-state index contributed by atoms with van der Waals surface area (Å²) in [6.07, 6.45) is 6.21. The van der Waals surface area contributed by atoms with E-state index in [9.17, 15) is 9.70 Å². The van der Waals surface area contributed by atoms with Crippen molar-refractivity contribution in [3.05, 3.63) is 88.8 Å². The lowest BCUT2D eigenvalue weighted by atomic mass is 9.81. The van der Waals surface area contributed by atoms with Gasteiger partial charge in [0.15, 0.2) is 0 Å². The van der Waals surface area contributed by atoms with E-state index in [2.05, 4.69) is 85.1 Å². The van der Waals surface area contributed by atoms with Gasteiger partial charge in [-0.05, 0) is 54.7 Å². The zero-order chi connectivity index (χ0) is 28.5. The Hall–Kier alpha value is -3.97. The number of benzene rings is 3. The summed E-state index contributed by atoms with van der Waals surface area (Å²) in [5, 5.41) is 3.94. The molecular weight excluding hydrogens is 522 g/mol. The number of fused-ring (bicyclic) bond motifs is 5. The van der Waals surface area contributed by atoms with Crippen molar-refractivity contribution in [1.29, 1.82) is 0 Å². The van der Waals surface area contributed by atoms with Crippen LogP contribution >= 0.6 is 0 Å². The van der Waals surface area contributed by atoms with E-state index in [1.807, 2.05) is 6.07 Å². The van der Waals surface area contributed by atoms with Crippen LogP contribution in [0.4, 0.5) is 11.4 Å². The second kappa shape index (κ2) is 11.7. The van der Waals surface area contributed by atoms with E-state index in [-0.39, 0.29) is 0 Å². The Balaban J connectivity index is 1.19. The summed E-state index contributed by atoms with van der Waals surface area (Å²) in [6.45, 7) is 7.99. The molecule has 2 aliphatic heterocycles. The smallest absolute Gasteiger partial charge is 0.316 e. The molecule has 42 heavy (non-hydrogen) atoms. The molecule has 216 valence electrons. The number of carbonyl (C=O) groups excluding carboxylic acids is 1. The molecule has 3 aliphatic rings. The third-order valence-electron chi connectivity index (χ3n) is 9.72. The Morgan fingerprint density at radius 1 is 0.786 bits per heavy atom. The highest BCUT2D eigenvalue weighted by molar-refractivity contribution is 6.02. The lowest BCUT2D eigenvalue weighted by Crippen LogP contribution is -2.48. The van der Waals surface area contributed by atoms with Crippen molar-refractivity contribution < 1.29 is 4.79 Å². The van der Waals surface area contributed by atoms with Gasteiger partial charge >= 0.3 is 5.91 Å². The molecule has 7 nitrogen and oxygen atoms in total. The minimum atomic E-state index is -0.699. The third-order valence-corrected chi connectivity index (χ3v) is 9.72. The zero-order valence-corrected chi connectivity index (χ0v) is 24.3. The molecule has 0 atom stereocenters. The number of para-hydroxylation sites is 2. The Morgan fingerprint density at radius 3 is 2.33 bits per heavy atom. The quantitative estimate of drug-likeness (QED) is 0.240. The van der Waals surface area contributed by atoms with Crippen LogP contribution in [0.25, 0.3) is 22.2 Å². The first-order chi connectivity index (χ1) is 20.7. The minimum Gasteiger partial charge on any atom is -0.369 e. The van der Waals surface area contributed by atoms with Gasteiger partial charge in [0.25, 0.3) is 0 Å². The van der Waals surface area contributed by atoms with E-state index in [1.165, 1.54) is 65.7 Å². The molecule has 0 radical (unpaired) electrons. The van der Waals surface area contributed by atoms with E-state index < -0.39 is 5.91 Å². The number of hydrogen-bond donors (Lipinski definition) is 0. The molecule has 1 saturated carbocycles. The SMILES string of the molecule is O=NC(=O)c1ccc2c(C3CCCCC3)c3n(c2c1)CCN(CCN1CCN(c2ccccc2)CC1)c1ccccc1-3. The predicted octanol–water partition coefficient (Wildman–Crippen LogP) is 6.90. The lowest BCUT2D eigenvalue weighted by molar-refractivity contribution is 0.100. The first kappa shape index (κ1) is 26.9. The van der Waals surface area contributed by atoms with Crippen LogP contribution in [0.15, 0.2) is 78.0 Å². The molecule has 0 spiro atoms. The number of rotatable bonds is 6. The number of anilines is 2. The van der Waals surface area contributed by atoms with Crippen LogP contribution < -0.4 is 9.80 Å². The lowest BCUT2D eigenvalue weighted by Gasteiger charge is -2.37. The Morgan fingerprint density at radius 2 is 1.55 bits per heavy atom. The number of nitrogens with zero attached hydrogens (tertiary/aromatic N) is 5. The molecular formula is C35H39N5O2. The van der Waals surface area contributed by atoms with Crippen molar-refractivity contribution in [2.75, 3.05) is 55.6 Å². The van der Waals surface area contributed by atoms with Crippen LogP contribution in [0.3, 0.4) is 0 Å². The number of aromatic nitrogens is 1. The summed E-state index contributed by atoms with van der Waals surface area (Å²) in [4.78, 5) is 31.0. The van der Waals surface area contributed by atoms with Crippen LogP contribution in [0.2, 0.25) is 0 Å². The van der Waals surface area contributed by atoms with Crippen LogP contribution in [0.5, 0.6) is 0 Å². The molecule has 1 aromatic heterocycles.